The maximum Gasteiger partial charge on any atom is 0.311 e. The third-order valence-electron chi connectivity index (χ3n) is 5.84. The van der Waals surface area contributed by atoms with Crippen molar-refractivity contribution < 1.29 is 9.53 Å². The molecule has 0 bridgehead atoms. The van der Waals surface area contributed by atoms with Crippen LogP contribution in [0, 0.1) is 0 Å². The van der Waals surface area contributed by atoms with E-state index in [-0.39, 0.29) is 5.97 Å². The van der Waals surface area contributed by atoms with Gasteiger partial charge in [-0.05, 0) is 61.2 Å². The van der Waals surface area contributed by atoms with Crippen LogP contribution < -0.4 is 4.74 Å². The van der Waals surface area contributed by atoms with E-state index in [1.807, 2.05) is 24.3 Å². The van der Waals surface area contributed by atoms with Gasteiger partial charge in [-0.3, -0.25) is 4.79 Å². The number of benzene rings is 2. The molecule has 0 N–H and O–H groups in total. The van der Waals surface area contributed by atoms with E-state index in [0.29, 0.717) is 12.2 Å². The molecule has 0 saturated heterocycles. The molecule has 0 unspecified atom stereocenters. The van der Waals surface area contributed by atoms with E-state index in [1.54, 1.807) is 12.1 Å². The molecule has 0 spiro atoms. The van der Waals surface area contributed by atoms with Crippen molar-refractivity contribution in [1.29, 1.82) is 0 Å². The van der Waals surface area contributed by atoms with Gasteiger partial charge in [-0.2, -0.15) is 10.2 Å². The summed E-state index contributed by atoms with van der Waals surface area (Å²) in [7, 11) is 0. The molecule has 0 atom stereocenters. The number of hydrogen-bond donors (Lipinski definition) is 0. The number of rotatable bonds is 17. The summed E-state index contributed by atoms with van der Waals surface area (Å²) in [5.74, 6) is 0.393. The number of aryl methyl sites for hydroxylation is 1. The first-order valence-corrected chi connectivity index (χ1v) is 13.0. The monoisotopic (exact) mass is 450 g/mol. The predicted molar refractivity (Wildman–Crippen MR) is 138 cm³/mol. The maximum atomic E-state index is 12.0. The Balaban J connectivity index is 1.69. The molecule has 0 amide bonds. The SMILES string of the molecule is CCCCCCCCC(=O)Oc1ccc(N=Nc2ccc(CCCCCCCC)cc2)cc1. The Morgan fingerprint density at radius 2 is 1.12 bits per heavy atom. The average Bonchev–Trinajstić information content (AvgIpc) is 2.84. The fourth-order valence-corrected chi connectivity index (χ4v) is 3.77. The normalized spacial score (nSPS) is 11.2. The second-order valence-electron chi connectivity index (χ2n) is 8.87. The molecule has 0 fully saturated rings. The van der Waals surface area contributed by atoms with Crippen LogP contribution in [0.4, 0.5) is 11.4 Å². The number of azo groups is 1. The van der Waals surface area contributed by atoms with Gasteiger partial charge in [0.1, 0.15) is 5.75 Å². The smallest absolute Gasteiger partial charge is 0.311 e. The molecule has 4 heteroatoms. The van der Waals surface area contributed by atoms with Crippen LogP contribution in [0.2, 0.25) is 0 Å². The van der Waals surface area contributed by atoms with Crippen LogP contribution >= 0.6 is 0 Å². The van der Waals surface area contributed by atoms with Gasteiger partial charge in [-0.1, -0.05) is 90.2 Å². The van der Waals surface area contributed by atoms with Gasteiger partial charge in [-0.25, -0.2) is 0 Å². The minimum Gasteiger partial charge on any atom is -0.427 e. The Morgan fingerprint density at radius 1 is 0.636 bits per heavy atom. The summed E-state index contributed by atoms with van der Waals surface area (Å²) in [4.78, 5) is 12.0. The minimum atomic E-state index is -0.166. The predicted octanol–water partition coefficient (Wildman–Crippen LogP) is 9.66. The third-order valence-corrected chi connectivity index (χ3v) is 5.84. The van der Waals surface area contributed by atoms with Gasteiger partial charge in [0.25, 0.3) is 0 Å². The Bertz CT molecular complexity index is 797. The Hall–Kier alpha value is -2.49. The fourth-order valence-electron chi connectivity index (χ4n) is 3.77. The molecule has 0 aliphatic rings. The molecule has 0 radical (unpaired) electrons. The van der Waals surface area contributed by atoms with E-state index < -0.39 is 0 Å². The van der Waals surface area contributed by atoms with Crippen LogP contribution in [0.3, 0.4) is 0 Å². The van der Waals surface area contributed by atoms with Gasteiger partial charge in [0.05, 0.1) is 11.4 Å². The van der Waals surface area contributed by atoms with Crippen molar-refractivity contribution in [3.05, 3.63) is 54.1 Å². The first-order chi connectivity index (χ1) is 16.2. The molecular weight excluding hydrogens is 408 g/mol. The Kier molecular flexibility index (Phi) is 13.8. The Morgan fingerprint density at radius 3 is 1.70 bits per heavy atom. The van der Waals surface area contributed by atoms with Crippen LogP contribution in [0.25, 0.3) is 0 Å². The van der Waals surface area contributed by atoms with E-state index in [4.69, 9.17) is 4.74 Å². The van der Waals surface area contributed by atoms with Crippen molar-refractivity contribution in [2.24, 2.45) is 10.2 Å². The molecule has 180 valence electrons. The van der Waals surface area contributed by atoms with Crippen molar-refractivity contribution in [1.82, 2.24) is 0 Å². The van der Waals surface area contributed by atoms with Crippen molar-refractivity contribution in [3.63, 3.8) is 0 Å². The molecule has 2 rings (SSSR count). The number of ether oxygens (including phenoxy) is 1. The summed E-state index contributed by atoms with van der Waals surface area (Å²) in [6.45, 7) is 4.46. The van der Waals surface area contributed by atoms with E-state index >= 15 is 0 Å². The quantitative estimate of drug-likeness (QED) is 0.104. The highest BCUT2D eigenvalue weighted by Gasteiger charge is 2.05. The lowest BCUT2D eigenvalue weighted by atomic mass is 10.0. The average molecular weight is 451 g/mol. The number of carbonyl (C=O) groups excluding carboxylic acids is 1. The highest BCUT2D eigenvalue weighted by molar-refractivity contribution is 5.72. The molecule has 2 aromatic carbocycles. The van der Waals surface area contributed by atoms with Crippen molar-refractivity contribution >= 4 is 17.3 Å². The van der Waals surface area contributed by atoms with Crippen LogP contribution in [0.1, 0.15) is 103 Å². The standard InChI is InChI=1S/C29H42N2O2/c1-3-5-7-9-11-13-15-25-17-19-26(20-18-25)30-31-27-21-23-28(24-22-27)33-29(32)16-14-12-10-8-6-4-2/h17-24H,3-16H2,1-2H3. The second kappa shape index (κ2) is 17.0. The highest BCUT2D eigenvalue weighted by atomic mass is 16.5. The number of unbranched alkanes of at least 4 members (excludes halogenated alkanes) is 10. The van der Waals surface area contributed by atoms with Crippen LogP contribution in [0.15, 0.2) is 58.8 Å². The molecule has 0 saturated carbocycles. The third kappa shape index (κ3) is 12.4. The first kappa shape index (κ1) is 26.8. The topological polar surface area (TPSA) is 51.0 Å². The van der Waals surface area contributed by atoms with Gasteiger partial charge < -0.3 is 4.74 Å². The van der Waals surface area contributed by atoms with Gasteiger partial charge in [-0.15, -0.1) is 0 Å². The van der Waals surface area contributed by atoms with Gasteiger partial charge in [0.15, 0.2) is 0 Å². The van der Waals surface area contributed by atoms with Gasteiger partial charge >= 0.3 is 5.97 Å². The van der Waals surface area contributed by atoms with Crippen molar-refractivity contribution in [3.8, 4) is 5.75 Å². The zero-order valence-corrected chi connectivity index (χ0v) is 20.7. The molecule has 0 aliphatic heterocycles. The summed E-state index contributed by atoms with van der Waals surface area (Å²) in [6, 6.07) is 15.5. The van der Waals surface area contributed by atoms with E-state index in [1.165, 1.54) is 69.8 Å². The van der Waals surface area contributed by atoms with Gasteiger partial charge in [0, 0.05) is 6.42 Å². The molecule has 0 aromatic heterocycles. The lowest BCUT2D eigenvalue weighted by Gasteiger charge is -2.04. The zero-order chi connectivity index (χ0) is 23.6. The zero-order valence-electron chi connectivity index (χ0n) is 20.7. The van der Waals surface area contributed by atoms with Crippen molar-refractivity contribution in [2.75, 3.05) is 0 Å². The molecule has 0 aliphatic carbocycles. The largest absolute Gasteiger partial charge is 0.427 e. The second-order valence-corrected chi connectivity index (χ2v) is 8.87. The van der Waals surface area contributed by atoms with E-state index in [2.05, 4.69) is 36.2 Å². The molecule has 0 heterocycles. The van der Waals surface area contributed by atoms with Crippen LogP contribution in [-0.4, -0.2) is 5.97 Å². The van der Waals surface area contributed by atoms with Crippen LogP contribution in [-0.2, 0) is 11.2 Å². The number of nitrogens with zero attached hydrogens (tertiary/aromatic N) is 2. The Labute approximate surface area is 200 Å². The van der Waals surface area contributed by atoms with Gasteiger partial charge in [0.2, 0.25) is 0 Å². The first-order valence-electron chi connectivity index (χ1n) is 13.0. The minimum absolute atomic E-state index is 0.166. The summed E-state index contributed by atoms with van der Waals surface area (Å²) in [5, 5.41) is 8.63. The number of carbonyl (C=O) groups is 1. The summed E-state index contributed by atoms with van der Waals surface area (Å²) in [6.07, 6.45) is 16.5. The maximum absolute atomic E-state index is 12.0. The van der Waals surface area contributed by atoms with E-state index in [9.17, 15) is 4.79 Å². The lowest BCUT2D eigenvalue weighted by molar-refractivity contribution is -0.134. The summed E-state index contributed by atoms with van der Waals surface area (Å²) in [5.41, 5.74) is 2.94. The van der Waals surface area contributed by atoms with Crippen molar-refractivity contribution in [2.45, 2.75) is 104 Å². The van der Waals surface area contributed by atoms with Crippen LogP contribution in [0.5, 0.6) is 5.75 Å². The molecular formula is C29H42N2O2. The molecule has 33 heavy (non-hydrogen) atoms. The number of esters is 1. The summed E-state index contributed by atoms with van der Waals surface area (Å²) >= 11 is 0. The highest BCUT2D eigenvalue weighted by Crippen LogP contribution is 2.22. The summed E-state index contributed by atoms with van der Waals surface area (Å²) < 4.78 is 5.42. The van der Waals surface area contributed by atoms with E-state index in [0.717, 1.165) is 30.6 Å². The molecule has 4 nitrogen and oxygen atoms in total. The number of hydrogen-bond acceptors (Lipinski definition) is 4. The molecule has 2 aromatic rings. The lowest BCUT2D eigenvalue weighted by Crippen LogP contribution is -2.07. The fraction of sp³-hybridized carbons (Fsp3) is 0.552.